The number of amides is 1. The van der Waals surface area contributed by atoms with Gasteiger partial charge in [-0.25, -0.2) is 0 Å². The molecule has 0 aromatic rings. The van der Waals surface area contributed by atoms with E-state index < -0.39 is 12.1 Å². The summed E-state index contributed by atoms with van der Waals surface area (Å²) in [7, 11) is 0. The van der Waals surface area contributed by atoms with E-state index in [0.717, 1.165) is 25.7 Å². The summed E-state index contributed by atoms with van der Waals surface area (Å²) in [6, 6.07) is -0.607. The second kappa shape index (κ2) is 17.0. The molecule has 0 bridgehead atoms. The normalized spacial score (nSPS) is 14.0. The summed E-state index contributed by atoms with van der Waals surface area (Å²) in [6.45, 7) is 4.12. The zero-order chi connectivity index (χ0) is 18.0. The summed E-state index contributed by atoms with van der Waals surface area (Å²) >= 11 is 0. The predicted molar refractivity (Wildman–Crippen MR) is 101 cm³/mol. The first kappa shape index (κ1) is 23.1. The highest BCUT2D eigenvalue weighted by Gasteiger charge is 2.17. The minimum Gasteiger partial charge on any atom is -0.394 e. The maximum Gasteiger partial charge on any atom is 0.220 e. The van der Waals surface area contributed by atoms with E-state index in [2.05, 4.69) is 19.2 Å². The molecule has 0 aliphatic carbocycles. The third-order valence-electron chi connectivity index (χ3n) is 4.27. The molecule has 0 rings (SSSR count). The van der Waals surface area contributed by atoms with E-state index >= 15 is 0 Å². The Hall–Kier alpha value is -0.870. The Bertz CT molecular complexity index is 318. The van der Waals surface area contributed by atoms with Gasteiger partial charge in [-0.1, -0.05) is 77.4 Å². The van der Waals surface area contributed by atoms with Crippen LogP contribution in [0.15, 0.2) is 12.2 Å². The van der Waals surface area contributed by atoms with Gasteiger partial charge in [-0.3, -0.25) is 4.79 Å². The molecule has 4 heteroatoms. The van der Waals surface area contributed by atoms with Gasteiger partial charge in [0.1, 0.15) is 0 Å². The molecule has 0 aromatic heterocycles. The molecule has 0 aliphatic rings. The maximum atomic E-state index is 11.9. The van der Waals surface area contributed by atoms with E-state index in [0.29, 0.717) is 6.42 Å². The van der Waals surface area contributed by atoms with Gasteiger partial charge in [0.2, 0.25) is 5.91 Å². The van der Waals surface area contributed by atoms with Crippen LogP contribution in [0.5, 0.6) is 0 Å². The molecule has 0 aliphatic heterocycles. The molecule has 2 atom stereocenters. The van der Waals surface area contributed by atoms with Crippen molar-refractivity contribution in [2.24, 2.45) is 0 Å². The van der Waals surface area contributed by atoms with Gasteiger partial charge in [0.05, 0.1) is 18.8 Å². The van der Waals surface area contributed by atoms with Crippen molar-refractivity contribution < 1.29 is 15.0 Å². The van der Waals surface area contributed by atoms with Crippen LogP contribution in [0, 0.1) is 0 Å². The van der Waals surface area contributed by atoms with E-state index in [1.165, 1.54) is 44.9 Å². The van der Waals surface area contributed by atoms with Crippen LogP contribution in [-0.2, 0) is 4.79 Å². The van der Waals surface area contributed by atoms with E-state index in [-0.39, 0.29) is 12.5 Å². The molecule has 3 N–H and O–H groups in total. The van der Waals surface area contributed by atoms with Gasteiger partial charge in [0.15, 0.2) is 0 Å². The number of carbonyl (C=O) groups excluding carboxylic acids is 1. The minimum absolute atomic E-state index is 0.0834. The lowest BCUT2D eigenvalue weighted by molar-refractivity contribution is -0.123. The zero-order valence-corrected chi connectivity index (χ0v) is 15.8. The highest BCUT2D eigenvalue weighted by molar-refractivity contribution is 5.76. The molecule has 0 saturated carbocycles. The Morgan fingerprint density at radius 2 is 1.54 bits per heavy atom. The monoisotopic (exact) mass is 341 g/mol. The number of allylic oxidation sites excluding steroid dienone is 1. The van der Waals surface area contributed by atoms with Crippen LogP contribution in [0.25, 0.3) is 0 Å². The molecule has 4 nitrogen and oxygen atoms in total. The maximum absolute atomic E-state index is 11.9. The number of aliphatic hydroxyl groups is 2. The van der Waals surface area contributed by atoms with Crippen LogP contribution in [0.1, 0.15) is 90.9 Å². The van der Waals surface area contributed by atoms with Gasteiger partial charge in [-0.15, -0.1) is 0 Å². The van der Waals surface area contributed by atoms with Crippen LogP contribution in [0.4, 0.5) is 0 Å². The molecule has 0 heterocycles. The van der Waals surface area contributed by atoms with E-state index in [9.17, 15) is 15.0 Å². The van der Waals surface area contributed by atoms with Crippen molar-refractivity contribution in [1.82, 2.24) is 5.32 Å². The number of hydrogen-bond acceptors (Lipinski definition) is 3. The van der Waals surface area contributed by atoms with E-state index in [4.69, 9.17) is 0 Å². The average Bonchev–Trinajstić information content (AvgIpc) is 2.58. The van der Waals surface area contributed by atoms with Crippen LogP contribution in [0.3, 0.4) is 0 Å². The number of unbranched alkanes of at least 4 members (excludes halogenated alkanes) is 9. The van der Waals surface area contributed by atoms with Crippen molar-refractivity contribution in [3.8, 4) is 0 Å². The fraction of sp³-hybridized carbons (Fsp3) is 0.850. The van der Waals surface area contributed by atoms with Crippen LogP contribution in [-0.4, -0.2) is 34.9 Å². The summed E-state index contributed by atoms with van der Waals surface area (Å²) in [5, 5.41) is 22.2. The second-order valence-electron chi connectivity index (χ2n) is 6.64. The Labute approximate surface area is 148 Å². The minimum atomic E-state index is -0.824. The van der Waals surface area contributed by atoms with Crippen LogP contribution >= 0.6 is 0 Å². The summed E-state index contributed by atoms with van der Waals surface area (Å²) < 4.78 is 0. The van der Waals surface area contributed by atoms with E-state index in [1.54, 1.807) is 6.08 Å². The summed E-state index contributed by atoms with van der Waals surface area (Å²) in [6.07, 6.45) is 15.8. The van der Waals surface area contributed by atoms with Crippen LogP contribution < -0.4 is 5.32 Å². The van der Waals surface area contributed by atoms with Crippen molar-refractivity contribution in [3.05, 3.63) is 12.2 Å². The third kappa shape index (κ3) is 13.6. The van der Waals surface area contributed by atoms with Gasteiger partial charge in [0.25, 0.3) is 0 Å². The molecule has 0 saturated heterocycles. The van der Waals surface area contributed by atoms with Gasteiger partial charge >= 0.3 is 0 Å². The molecule has 0 aromatic carbocycles. The van der Waals surface area contributed by atoms with E-state index in [1.807, 2.05) is 6.08 Å². The zero-order valence-electron chi connectivity index (χ0n) is 15.8. The second-order valence-corrected chi connectivity index (χ2v) is 6.64. The standard InChI is InChI=1S/C20H39NO3/c1-3-5-7-9-11-13-15-19(23)18(17-22)21-20(24)16-14-12-10-8-6-4-2/h13,15,18-19,22-23H,3-12,14,16-17H2,1-2H3,(H,21,24)/b15-13+. The van der Waals surface area contributed by atoms with Crippen LogP contribution in [0.2, 0.25) is 0 Å². The molecule has 24 heavy (non-hydrogen) atoms. The smallest absolute Gasteiger partial charge is 0.220 e. The quantitative estimate of drug-likeness (QED) is 0.292. The fourth-order valence-corrected chi connectivity index (χ4v) is 2.64. The number of carbonyl (C=O) groups is 1. The molecule has 142 valence electrons. The molecule has 0 fully saturated rings. The van der Waals surface area contributed by atoms with Gasteiger partial charge in [0, 0.05) is 6.42 Å². The number of aliphatic hydroxyl groups excluding tert-OH is 2. The van der Waals surface area contributed by atoms with Crippen molar-refractivity contribution >= 4 is 5.91 Å². The Morgan fingerprint density at radius 3 is 2.17 bits per heavy atom. The number of rotatable bonds is 16. The summed E-state index contributed by atoms with van der Waals surface area (Å²) in [4.78, 5) is 11.9. The molecule has 0 radical (unpaired) electrons. The third-order valence-corrected chi connectivity index (χ3v) is 4.27. The summed E-state index contributed by atoms with van der Waals surface area (Å²) in [5.74, 6) is -0.0834. The molecule has 1 amide bonds. The largest absolute Gasteiger partial charge is 0.394 e. The number of nitrogens with one attached hydrogen (secondary N) is 1. The van der Waals surface area contributed by atoms with Crippen molar-refractivity contribution in [3.63, 3.8) is 0 Å². The molecular weight excluding hydrogens is 302 g/mol. The lowest BCUT2D eigenvalue weighted by Gasteiger charge is -2.20. The summed E-state index contributed by atoms with van der Waals surface area (Å²) in [5.41, 5.74) is 0. The lowest BCUT2D eigenvalue weighted by Crippen LogP contribution is -2.45. The Kier molecular flexibility index (Phi) is 16.4. The number of hydrogen-bond donors (Lipinski definition) is 3. The van der Waals surface area contributed by atoms with Gasteiger partial charge in [-0.05, 0) is 19.3 Å². The van der Waals surface area contributed by atoms with Crippen molar-refractivity contribution in [2.45, 2.75) is 103 Å². The predicted octanol–water partition coefficient (Wildman–Crippen LogP) is 4.10. The van der Waals surface area contributed by atoms with Crippen molar-refractivity contribution in [1.29, 1.82) is 0 Å². The van der Waals surface area contributed by atoms with Gasteiger partial charge in [-0.2, -0.15) is 0 Å². The lowest BCUT2D eigenvalue weighted by atomic mass is 10.1. The van der Waals surface area contributed by atoms with Gasteiger partial charge < -0.3 is 15.5 Å². The fourth-order valence-electron chi connectivity index (χ4n) is 2.64. The first-order chi connectivity index (χ1) is 11.7. The molecular formula is C20H39NO3. The van der Waals surface area contributed by atoms with Crippen molar-refractivity contribution in [2.75, 3.05) is 6.61 Å². The Balaban J connectivity index is 3.88. The highest BCUT2D eigenvalue weighted by Crippen LogP contribution is 2.08. The highest BCUT2D eigenvalue weighted by atomic mass is 16.3. The first-order valence-electron chi connectivity index (χ1n) is 9.90. The average molecular weight is 342 g/mol. The molecule has 2 unspecified atom stereocenters. The Morgan fingerprint density at radius 1 is 0.958 bits per heavy atom. The topological polar surface area (TPSA) is 69.6 Å². The molecule has 0 spiro atoms. The SMILES string of the molecule is CCCCCC/C=C/C(O)C(CO)NC(=O)CCCCCCCC. The first-order valence-corrected chi connectivity index (χ1v) is 9.90.